The number of aryl methyl sites for hydroxylation is 2. The number of carbonyl (C=O) groups is 1. The fourth-order valence-corrected chi connectivity index (χ4v) is 3.51. The summed E-state index contributed by atoms with van der Waals surface area (Å²) in [5.41, 5.74) is 3.46. The molecule has 2 aromatic heterocycles. The quantitative estimate of drug-likeness (QED) is 0.405. The Bertz CT molecular complexity index is 1190. The van der Waals surface area contributed by atoms with Crippen LogP contribution in [0.4, 0.5) is 0 Å². The number of fused-ring (bicyclic) bond motifs is 1. The van der Waals surface area contributed by atoms with Crippen molar-refractivity contribution in [1.82, 2.24) is 19.9 Å². The first-order valence-electron chi connectivity index (χ1n) is 10.1. The molecule has 0 saturated carbocycles. The molecule has 1 N–H and O–H groups in total. The largest absolute Gasteiger partial charge is 0.494 e. The Hall–Kier alpha value is -3.38. The summed E-state index contributed by atoms with van der Waals surface area (Å²) >= 11 is 6.07. The molecule has 2 heterocycles. The highest BCUT2D eigenvalue weighted by Gasteiger charge is 2.12. The van der Waals surface area contributed by atoms with E-state index in [2.05, 4.69) is 14.9 Å². The highest BCUT2D eigenvalue weighted by molar-refractivity contribution is 6.31. The highest BCUT2D eigenvalue weighted by atomic mass is 35.5. The number of benzene rings is 2. The molecular formula is C24H23ClN4O2. The number of imidazole rings is 1. The van der Waals surface area contributed by atoms with Crippen LogP contribution in [0.15, 0.2) is 67.0 Å². The molecule has 4 rings (SSSR count). The lowest BCUT2D eigenvalue weighted by atomic mass is 10.2. The van der Waals surface area contributed by atoms with Crippen molar-refractivity contribution in [2.24, 2.45) is 0 Å². The Morgan fingerprint density at radius 3 is 2.84 bits per heavy atom. The van der Waals surface area contributed by atoms with Gasteiger partial charge in [0.25, 0.3) is 5.91 Å². The first-order chi connectivity index (χ1) is 15.1. The van der Waals surface area contributed by atoms with Crippen LogP contribution in [0, 0.1) is 6.92 Å². The third-order valence-electron chi connectivity index (χ3n) is 4.99. The second-order valence-electron chi connectivity index (χ2n) is 7.21. The monoisotopic (exact) mass is 434 g/mol. The number of rotatable bonds is 8. The second kappa shape index (κ2) is 9.62. The topological polar surface area (TPSA) is 69.0 Å². The molecule has 0 aliphatic heterocycles. The zero-order chi connectivity index (χ0) is 21.6. The van der Waals surface area contributed by atoms with Crippen molar-refractivity contribution < 1.29 is 9.53 Å². The first kappa shape index (κ1) is 20.9. The van der Waals surface area contributed by atoms with E-state index in [1.807, 2.05) is 49.4 Å². The molecular weight excluding hydrogens is 412 g/mol. The number of hydrogen-bond acceptors (Lipinski definition) is 4. The van der Waals surface area contributed by atoms with Crippen molar-refractivity contribution >= 4 is 28.5 Å². The maximum Gasteiger partial charge on any atom is 0.253 e. The summed E-state index contributed by atoms with van der Waals surface area (Å²) in [5, 5.41) is 3.67. The molecule has 158 valence electrons. The Labute approximate surface area is 185 Å². The predicted molar refractivity (Wildman–Crippen MR) is 121 cm³/mol. The number of amides is 1. The Kier molecular flexibility index (Phi) is 6.48. The van der Waals surface area contributed by atoms with E-state index in [0.29, 0.717) is 18.7 Å². The molecule has 0 aliphatic carbocycles. The number of halogens is 1. The number of nitrogens with one attached hydrogen (secondary N) is 1. The van der Waals surface area contributed by atoms with Gasteiger partial charge in [-0.15, -0.1) is 0 Å². The zero-order valence-electron chi connectivity index (χ0n) is 17.2. The fraction of sp³-hybridized carbons (Fsp3) is 0.208. The van der Waals surface area contributed by atoms with E-state index in [-0.39, 0.29) is 5.91 Å². The smallest absolute Gasteiger partial charge is 0.253 e. The maximum atomic E-state index is 12.4. The third kappa shape index (κ3) is 5.03. The van der Waals surface area contributed by atoms with E-state index in [1.54, 1.807) is 24.5 Å². The molecule has 31 heavy (non-hydrogen) atoms. The molecule has 0 atom stereocenters. The van der Waals surface area contributed by atoms with E-state index >= 15 is 0 Å². The van der Waals surface area contributed by atoms with Crippen molar-refractivity contribution in [3.63, 3.8) is 0 Å². The van der Waals surface area contributed by atoms with E-state index in [0.717, 1.165) is 46.2 Å². The Balaban J connectivity index is 1.42. The number of pyridine rings is 1. The summed E-state index contributed by atoms with van der Waals surface area (Å²) in [6, 6.07) is 17.1. The van der Waals surface area contributed by atoms with Gasteiger partial charge in [-0.3, -0.25) is 9.78 Å². The SMILES string of the molecule is Cc1cc(OCCCn2c(CNC(=O)c3cccnc3)nc3ccccc32)ccc1Cl. The minimum atomic E-state index is -0.173. The molecule has 6 nitrogen and oxygen atoms in total. The van der Waals surface area contributed by atoms with Crippen LogP contribution in [0.25, 0.3) is 11.0 Å². The Morgan fingerprint density at radius 2 is 2.03 bits per heavy atom. The van der Waals surface area contributed by atoms with Crippen LogP contribution in [0.5, 0.6) is 5.75 Å². The molecule has 7 heteroatoms. The van der Waals surface area contributed by atoms with Crippen LogP contribution >= 0.6 is 11.6 Å². The number of hydrogen-bond donors (Lipinski definition) is 1. The van der Waals surface area contributed by atoms with Crippen LogP contribution in [0.2, 0.25) is 5.02 Å². The van der Waals surface area contributed by atoms with E-state index in [4.69, 9.17) is 21.3 Å². The summed E-state index contributed by atoms with van der Waals surface area (Å²) in [7, 11) is 0. The summed E-state index contributed by atoms with van der Waals surface area (Å²) in [4.78, 5) is 21.1. The molecule has 2 aromatic carbocycles. The predicted octanol–water partition coefficient (Wildman–Crippen LogP) is 4.79. The maximum absolute atomic E-state index is 12.4. The Morgan fingerprint density at radius 1 is 1.16 bits per heavy atom. The summed E-state index contributed by atoms with van der Waals surface area (Å²) < 4.78 is 8.01. The number of carbonyl (C=O) groups excluding carboxylic acids is 1. The van der Waals surface area contributed by atoms with Gasteiger partial charge < -0.3 is 14.6 Å². The summed E-state index contributed by atoms with van der Waals surface area (Å²) in [5.74, 6) is 1.44. The molecule has 4 aromatic rings. The van der Waals surface area contributed by atoms with Crippen LogP contribution in [-0.4, -0.2) is 27.0 Å². The molecule has 0 spiro atoms. The van der Waals surface area contributed by atoms with Crippen molar-refractivity contribution in [3.05, 3.63) is 89.0 Å². The second-order valence-corrected chi connectivity index (χ2v) is 7.61. The van der Waals surface area contributed by atoms with Gasteiger partial charge in [-0.2, -0.15) is 0 Å². The van der Waals surface area contributed by atoms with Gasteiger partial charge in [0.05, 0.1) is 29.7 Å². The number of ether oxygens (including phenoxy) is 1. The lowest BCUT2D eigenvalue weighted by molar-refractivity contribution is 0.0949. The molecule has 0 fully saturated rings. The van der Waals surface area contributed by atoms with Crippen LogP contribution in [0.3, 0.4) is 0 Å². The fourth-order valence-electron chi connectivity index (χ4n) is 3.39. The van der Waals surface area contributed by atoms with Gasteiger partial charge >= 0.3 is 0 Å². The van der Waals surface area contributed by atoms with Crippen LogP contribution in [-0.2, 0) is 13.1 Å². The molecule has 0 aliphatic rings. The van der Waals surface area contributed by atoms with Gasteiger partial charge in [-0.1, -0.05) is 23.7 Å². The molecule has 0 radical (unpaired) electrons. The third-order valence-corrected chi connectivity index (χ3v) is 5.41. The van der Waals surface area contributed by atoms with Gasteiger partial charge in [-0.05, 0) is 61.4 Å². The lowest BCUT2D eigenvalue weighted by Gasteiger charge is -2.12. The normalized spacial score (nSPS) is 10.9. The van der Waals surface area contributed by atoms with Crippen LogP contribution < -0.4 is 10.1 Å². The van der Waals surface area contributed by atoms with Gasteiger partial charge in [0.15, 0.2) is 0 Å². The lowest BCUT2D eigenvalue weighted by Crippen LogP contribution is -2.25. The van der Waals surface area contributed by atoms with Gasteiger partial charge in [0.2, 0.25) is 0 Å². The molecule has 1 amide bonds. The average Bonchev–Trinajstić information content (AvgIpc) is 3.15. The van der Waals surface area contributed by atoms with E-state index < -0.39 is 0 Å². The van der Waals surface area contributed by atoms with E-state index in [9.17, 15) is 4.79 Å². The minimum absolute atomic E-state index is 0.173. The van der Waals surface area contributed by atoms with Crippen molar-refractivity contribution in [1.29, 1.82) is 0 Å². The van der Waals surface area contributed by atoms with Crippen molar-refractivity contribution in [2.75, 3.05) is 6.61 Å². The van der Waals surface area contributed by atoms with Gasteiger partial charge in [-0.25, -0.2) is 4.98 Å². The molecule has 0 saturated heterocycles. The van der Waals surface area contributed by atoms with Gasteiger partial charge in [0.1, 0.15) is 11.6 Å². The highest BCUT2D eigenvalue weighted by Crippen LogP contribution is 2.21. The van der Waals surface area contributed by atoms with Crippen molar-refractivity contribution in [3.8, 4) is 5.75 Å². The summed E-state index contributed by atoms with van der Waals surface area (Å²) in [6.45, 7) is 3.58. The molecule has 0 bridgehead atoms. The first-order valence-corrected chi connectivity index (χ1v) is 10.5. The van der Waals surface area contributed by atoms with Gasteiger partial charge in [0, 0.05) is 24.0 Å². The van der Waals surface area contributed by atoms with Crippen molar-refractivity contribution in [2.45, 2.75) is 26.4 Å². The van der Waals surface area contributed by atoms with E-state index in [1.165, 1.54) is 0 Å². The molecule has 0 unspecified atom stereocenters. The van der Waals surface area contributed by atoms with Crippen LogP contribution in [0.1, 0.15) is 28.2 Å². The standard InChI is InChI=1S/C24H23ClN4O2/c1-17-14-19(9-10-20(17)25)31-13-5-12-29-22-8-3-2-7-21(22)28-23(29)16-27-24(30)18-6-4-11-26-15-18/h2-4,6-11,14-15H,5,12-13,16H2,1H3,(H,27,30). The number of aromatic nitrogens is 3. The number of nitrogens with zero attached hydrogens (tertiary/aromatic N) is 3. The summed E-state index contributed by atoms with van der Waals surface area (Å²) in [6.07, 6.45) is 3.99. The number of para-hydroxylation sites is 2. The zero-order valence-corrected chi connectivity index (χ0v) is 18.0. The average molecular weight is 435 g/mol. The minimum Gasteiger partial charge on any atom is -0.494 e.